The molecule has 52 valence electrons. The van der Waals surface area contributed by atoms with E-state index in [-0.39, 0.29) is 62.0 Å². The number of rotatable bonds is 1. The Morgan fingerprint density at radius 3 is 1.70 bits per heavy atom. The van der Waals surface area contributed by atoms with Crippen molar-refractivity contribution in [1.82, 2.24) is 0 Å². The van der Waals surface area contributed by atoms with Crippen molar-refractivity contribution >= 4 is 14.0 Å². The molecule has 6 nitrogen and oxygen atoms in total. The van der Waals surface area contributed by atoms with Crippen LogP contribution in [0.5, 0.6) is 0 Å². The van der Waals surface area contributed by atoms with E-state index in [0.717, 1.165) is 0 Å². The number of hydrogen-bond donors (Lipinski definition) is 3. The third-order valence-electron chi connectivity index (χ3n) is 0.197. The molecule has 0 amide bonds. The maximum atomic E-state index is 9.53. The van der Waals surface area contributed by atoms with Gasteiger partial charge in [-0.2, -0.15) is 0 Å². The first-order chi connectivity index (χ1) is 3.42. The predicted molar refractivity (Wildman–Crippen MR) is 23.4 cm³/mol. The van der Waals surface area contributed by atoms with Crippen molar-refractivity contribution < 1.29 is 90.7 Å². The van der Waals surface area contributed by atoms with Crippen LogP contribution in [0, 0.1) is 0 Å². The first-order valence-electron chi connectivity index (χ1n) is 1.40. The molecule has 0 heterocycles. The van der Waals surface area contributed by atoms with E-state index >= 15 is 0 Å². The third-order valence-corrected chi connectivity index (χ3v) is 0.591. The van der Waals surface area contributed by atoms with Crippen molar-refractivity contribution in [3.8, 4) is 0 Å². The molecule has 0 rings (SSSR count). The SMILES string of the molecule is O=C(O)OP(=O)(O)O.[H-].[H-].[Na+].[Na+]. The number of phosphoric acid groups is 1. The van der Waals surface area contributed by atoms with Crippen LogP contribution in [-0.4, -0.2) is 21.0 Å². The van der Waals surface area contributed by atoms with Crippen molar-refractivity contribution in [3.05, 3.63) is 0 Å². The van der Waals surface area contributed by atoms with Crippen LogP contribution in [0.4, 0.5) is 4.79 Å². The molecule has 10 heavy (non-hydrogen) atoms. The molecule has 0 aromatic carbocycles. The summed E-state index contributed by atoms with van der Waals surface area (Å²) >= 11 is 0. The molecule has 3 N–H and O–H groups in total. The van der Waals surface area contributed by atoms with Crippen LogP contribution in [0.2, 0.25) is 0 Å². The van der Waals surface area contributed by atoms with E-state index in [4.69, 9.17) is 14.9 Å². The standard InChI is InChI=1S/CH3O6P.2Na.2H/c2-1(3)7-8(4,5)6;;;;/h(H,2,3)(H2,4,5,6);;;;/q;2*+1;2*-1. The first-order valence-corrected chi connectivity index (χ1v) is 2.93. The summed E-state index contributed by atoms with van der Waals surface area (Å²) in [5, 5.41) is 7.53. The number of phosphoric ester groups is 1. The molecule has 0 unspecified atom stereocenters. The second-order valence-electron chi connectivity index (χ2n) is 0.848. The Labute approximate surface area is 104 Å². The van der Waals surface area contributed by atoms with Crippen LogP contribution < -0.4 is 59.1 Å². The molecule has 0 bridgehead atoms. The number of hydrogen-bond acceptors (Lipinski definition) is 3. The van der Waals surface area contributed by atoms with Crippen LogP contribution in [0.15, 0.2) is 0 Å². The summed E-state index contributed by atoms with van der Waals surface area (Å²) in [6.07, 6.45) is -1.99. The van der Waals surface area contributed by atoms with Gasteiger partial charge >= 0.3 is 73.1 Å². The Balaban J connectivity index is -0.0000000408. The van der Waals surface area contributed by atoms with Crippen LogP contribution in [0.1, 0.15) is 2.85 Å². The largest absolute Gasteiger partial charge is 1.00 e. The molecule has 0 spiro atoms. The van der Waals surface area contributed by atoms with Gasteiger partial charge in [0.2, 0.25) is 0 Å². The zero-order valence-electron chi connectivity index (χ0n) is 7.51. The van der Waals surface area contributed by atoms with Gasteiger partial charge in [0.15, 0.2) is 0 Å². The van der Waals surface area contributed by atoms with Gasteiger partial charge in [-0.05, 0) is 0 Å². The van der Waals surface area contributed by atoms with Crippen LogP contribution in [-0.2, 0) is 9.09 Å². The Morgan fingerprint density at radius 1 is 1.40 bits per heavy atom. The quantitative estimate of drug-likeness (QED) is 0.281. The molecule has 0 saturated heterocycles. The molecule has 0 saturated carbocycles. The van der Waals surface area contributed by atoms with Gasteiger partial charge in [0.25, 0.3) is 0 Å². The molecule has 0 fully saturated rings. The van der Waals surface area contributed by atoms with Gasteiger partial charge in [0.05, 0.1) is 0 Å². The average Bonchev–Trinajstić information content (AvgIpc) is 1.21. The van der Waals surface area contributed by atoms with Crippen molar-refractivity contribution in [1.29, 1.82) is 0 Å². The van der Waals surface area contributed by atoms with Crippen LogP contribution in [0.3, 0.4) is 0 Å². The van der Waals surface area contributed by atoms with Gasteiger partial charge in [-0.3, -0.25) is 9.79 Å². The van der Waals surface area contributed by atoms with E-state index in [1.54, 1.807) is 0 Å². The van der Waals surface area contributed by atoms with Crippen molar-refractivity contribution in [2.24, 2.45) is 0 Å². The van der Waals surface area contributed by atoms with E-state index in [1.165, 1.54) is 0 Å². The van der Waals surface area contributed by atoms with Gasteiger partial charge in [0.1, 0.15) is 0 Å². The fourth-order valence-corrected chi connectivity index (χ4v) is 0.305. The van der Waals surface area contributed by atoms with Gasteiger partial charge in [0, 0.05) is 0 Å². The zero-order valence-corrected chi connectivity index (χ0v) is 10.4. The van der Waals surface area contributed by atoms with Crippen molar-refractivity contribution in [3.63, 3.8) is 0 Å². The summed E-state index contributed by atoms with van der Waals surface area (Å²) in [5.41, 5.74) is 0. The normalized spacial score (nSPS) is 8.60. The summed E-state index contributed by atoms with van der Waals surface area (Å²) < 4.78 is 12.6. The Hall–Kier alpha value is 1.42. The van der Waals surface area contributed by atoms with Crippen LogP contribution >= 0.6 is 7.82 Å². The minimum Gasteiger partial charge on any atom is -1.00 e. The molecular formula is CH5Na2O6P. The third kappa shape index (κ3) is 16.2. The topological polar surface area (TPSA) is 104 Å². The van der Waals surface area contributed by atoms with E-state index in [0.29, 0.717) is 0 Å². The zero-order chi connectivity index (χ0) is 6.78. The fourth-order valence-electron chi connectivity index (χ4n) is 0.102. The molecule has 0 aliphatic rings. The Morgan fingerprint density at radius 2 is 1.70 bits per heavy atom. The summed E-state index contributed by atoms with van der Waals surface area (Å²) in [4.78, 5) is 24.7. The molecule has 9 heteroatoms. The molecule has 0 aliphatic carbocycles. The molecule has 0 atom stereocenters. The second-order valence-corrected chi connectivity index (χ2v) is 2.01. The van der Waals surface area contributed by atoms with E-state index in [2.05, 4.69) is 4.52 Å². The first kappa shape index (κ1) is 17.5. The van der Waals surface area contributed by atoms with E-state index in [1.807, 2.05) is 0 Å². The van der Waals surface area contributed by atoms with Crippen molar-refractivity contribution in [2.45, 2.75) is 0 Å². The summed E-state index contributed by atoms with van der Waals surface area (Å²) in [5.74, 6) is 0. The summed E-state index contributed by atoms with van der Waals surface area (Å²) in [7, 11) is -4.82. The smallest absolute Gasteiger partial charge is 1.00 e. The minimum atomic E-state index is -4.82. The predicted octanol–water partition coefficient (Wildman–Crippen LogP) is -5.99. The van der Waals surface area contributed by atoms with Gasteiger partial charge in [-0.25, -0.2) is 9.36 Å². The van der Waals surface area contributed by atoms with Crippen molar-refractivity contribution in [2.75, 3.05) is 0 Å². The molecule has 0 radical (unpaired) electrons. The van der Waals surface area contributed by atoms with E-state index < -0.39 is 14.0 Å². The molecule has 0 aromatic rings. The summed E-state index contributed by atoms with van der Waals surface area (Å²) in [6.45, 7) is 0. The Bertz CT molecular complexity index is 146. The van der Waals surface area contributed by atoms with E-state index in [9.17, 15) is 9.36 Å². The van der Waals surface area contributed by atoms with Gasteiger partial charge in [-0.15, -0.1) is 0 Å². The Kier molecular flexibility index (Phi) is 12.4. The number of carbonyl (C=O) groups is 1. The van der Waals surface area contributed by atoms with Gasteiger partial charge < -0.3 is 12.5 Å². The fraction of sp³-hybridized carbons (Fsp3) is 0. The molecular weight excluding hydrogens is 185 g/mol. The summed E-state index contributed by atoms with van der Waals surface area (Å²) in [6, 6.07) is 0. The molecule has 0 aromatic heterocycles. The minimum absolute atomic E-state index is 0. The molecule has 0 aliphatic heterocycles. The monoisotopic (exact) mass is 190 g/mol. The maximum absolute atomic E-state index is 9.53. The average molecular weight is 190 g/mol. The second kappa shape index (κ2) is 7.09. The maximum Gasteiger partial charge on any atom is 1.00 e. The number of carboxylic acid groups (broad SMARTS) is 1. The van der Waals surface area contributed by atoms with Crippen LogP contribution in [0.25, 0.3) is 0 Å². The van der Waals surface area contributed by atoms with Gasteiger partial charge in [-0.1, -0.05) is 0 Å².